The molecule has 31 heavy (non-hydrogen) atoms. The van der Waals surface area contributed by atoms with E-state index in [0.717, 1.165) is 27.8 Å². The Hall–Kier alpha value is -2.73. The molecule has 0 spiro atoms. The highest BCUT2D eigenvalue weighted by atomic mass is 35.5. The number of nitrogens with one attached hydrogen (secondary N) is 1. The van der Waals surface area contributed by atoms with Crippen molar-refractivity contribution in [2.24, 2.45) is 0 Å². The number of fused-ring (bicyclic) bond motifs is 1. The van der Waals surface area contributed by atoms with E-state index in [1.807, 2.05) is 36.4 Å². The first-order chi connectivity index (χ1) is 15.0. The van der Waals surface area contributed by atoms with Crippen LogP contribution in [0.2, 0.25) is 15.2 Å². The van der Waals surface area contributed by atoms with E-state index in [4.69, 9.17) is 44.3 Å². The van der Waals surface area contributed by atoms with Crippen LogP contribution in [0.5, 0.6) is 11.5 Å². The minimum absolute atomic E-state index is 0.345. The first-order valence-corrected chi connectivity index (χ1v) is 10.5. The second-order valence-electron chi connectivity index (χ2n) is 6.72. The largest absolute Gasteiger partial charge is 0.497 e. The Balaban J connectivity index is 1.73. The van der Waals surface area contributed by atoms with Gasteiger partial charge >= 0.3 is 0 Å². The molecule has 2 aromatic heterocycles. The third-order valence-corrected chi connectivity index (χ3v) is 5.86. The highest BCUT2D eigenvalue weighted by Crippen LogP contribution is 2.35. The predicted octanol–water partition coefficient (Wildman–Crippen LogP) is 6.89. The fourth-order valence-electron chi connectivity index (χ4n) is 3.28. The summed E-state index contributed by atoms with van der Waals surface area (Å²) < 4.78 is 10.7. The highest BCUT2D eigenvalue weighted by Gasteiger charge is 2.13. The lowest BCUT2D eigenvalue weighted by Crippen LogP contribution is -2.04. The van der Waals surface area contributed by atoms with Gasteiger partial charge in [-0.15, -0.1) is 0 Å². The molecule has 8 heteroatoms. The Morgan fingerprint density at radius 2 is 1.81 bits per heavy atom. The van der Waals surface area contributed by atoms with Crippen molar-refractivity contribution < 1.29 is 9.47 Å². The van der Waals surface area contributed by atoms with Gasteiger partial charge in [-0.3, -0.25) is 4.98 Å². The number of rotatable bonds is 6. The van der Waals surface area contributed by atoms with E-state index in [1.54, 1.807) is 32.5 Å². The van der Waals surface area contributed by atoms with Crippen LogP contribution in [-0.2, 0) is 6.54 Å². The quantitative estimate of drug-likeness (QED) is 0.308. The van der Waals surface area contributed by atoms with Crippen molar-refractivity contribution in [1.29, 1.82) is 0 Å². The molecule has 0 aliphatic rings. The average Bonchev–Trinajstić information content (AvgIpc) is 2.78. The van der Waals surface area contributed by atoms with Gasteiger partial charge in [0, 0.05) is 47.0 Å². The van der Waals surface area contributed by atoms with Gasteiger partial charge in [0.2, 0.25) is 0 Å². The normalized spacial score (nSPS) is 10.9. The van der Waals surface area contributed by atoms with Crippen LogP contribution in [0.3, 0.4) is 0 Å². The second-order valence-corrected chi connectivity index (χ2v) is 7.89. The monoisotopic (exact) mass is 473 g/mol. The molecule has 5 nitrogen and oxygen atoms in total. The van der Waals surface area contributed by atoms with Crippen LogP contribution in [0, 0.1) is 0 Å². The smallest absolute Gasteiger partial charge is 0.137 e. The molecule has 158 valence electrons. The van der Waals surface area contributed by atoms with Gasteiger partial charge in [-0.05, 0) is 24.3 Å². The molecule has 2 aromatic carbocycles. The maximum absolute atomic E-state index is 6.41. The SMILES string of the molecule is COc1ccc(CNc2nc(Cl)cc3ncc(-c4cccc(Cl)c4Cl)cc23)c(OC)c1. The summed E-state index contributed by atoms with van der Waals surface area (Å²) in [5.41, 5.74) is 3.28. The molecule has 2 heterocycles. The summed E-state index contributed by atoms with van der Waals surface area (Å²) in [7, 11) is 3.24. The lowest BCUT2D eigenvalue weighted by atomic mass is 10.1. The number of benzene rings is 2. The number of halogens is 3. The Labute approximate surface area is 194 Å². The van der Waals surface area contributed by atoms with Crippen LogP contribution in [0.25, 0.3) is 22.0 Å². The van der Waals surface area contributed by atoms with Gasteiger partial charge < -0.3 is 14.8 Å². The van der Waals surface area contributed by atoms with Crippen molar-refractivity contribution in [1.82, 2.24) is 9.97 Å². The number of hydrogen-bond acceptors (Lipinski definition) is 5. The molecule has 0 saturated carbocycles. The zero-order valence-corrected chi connectivity index (χ0v) is 19.0. The predicted molar refractivity (Wildman–Crippen MR) is 127 cm³/mol. The number of methoxy groups -OCH3 is 2. The zero-order valence-electron chi connectivity index (χ0n) is 16.7. The van der Waals surface area contributed by atoms with E-state index in [-0.39, 0.29) is 0 Å². The molecular formula is C23H18Cl3N3O2. The van der Waals surface area contributed by atoms with Crippen molar-refractivity contribution in [3.05, 3.63) is 75.5 Å². The van der Waals surface area contributed by atoms with Crippen LogP contribution in [0.15, 0.2) is 54.7 Å². The van der Waals surface area contributed by atoms with Gasteiger partial charge in [-0.1, -0.05) is 46.9 Å². The molecule has 1 N–H and O–H groups in total. The summed E-state index contributed by atoms with van der Waals surface area (Å²) in [6.45, 7) is 0.470. The van der Waals surface area contributed by atoms with E-state index in [9.17, 15) is 0 Å². The number of nitrogens with zero attached hydrogens (tertiary/aromatic N) is 2. The highest BCUT2D eigenvalue weighted by molar-refractivity contribution is 6.43. The lowest BCUT2D eigenvalue weighted by Gasteiger charge is -2.14. The minimum atomic E-state index is 0.345. The first kappa shape index (κ1) is 21.5. The van der Waals surface area contributed by atoms with Crippen LogP contribution in [0.1, 0.15) is 5.56 Å². The maximum atomic E-state index is 6.41. The summed E-state index contributed by atoms with van der Waals surface area (Å²) in [5, 5.41) is 5.46. The molecule has 4 rings (SSSR count). The van der Waals surface area contributed by atoms with E-state index >= 15 is 0 Å². The summed E-state index contributed by atoms with van der Waals surface area (Å²) in [6, 6.07) is 14.8. The first-order valence-electron chi connectivity index (χ1n) is 9.35. The Kier molecular flexibility index (Phi) is 6.37. The summed E-state index contributed by atoms with van der Waals surface area (Å²) in [6.07, 6.45) is 1.74. The van der Waals surface area contributed by atoms with Crippen LogP contribution in [-0.4, -0.2) is 24.2 Å². The minimum Gasteiger partial charge on any atom is -0.497 e. The molecule has 0 radical (unpaired) electrons. The summed E-state index contributed by atoms with van der Waals surface area (Å²) in [5.74, 6) is 2.04. The molecule has 0 aliphatic heterocycles. The summed E-state index contributed by atoms with van der Waals surface area (Å²) in [4.78, 5) is 9.02. The molecule has 0 atom stereocenters. The van der Waals surface area contributed by atoms with Gasteiger partial charge in [0.15, 0.2) is 0 Å². The number of anilines is 1. The van der Waals surface area contributed by atoms with Gasteiger partial charge in [0.25, 0.3) is 0 Å². The number of hydrogen-bond donors (Lipinski definition) is 1. The Bertz CT molecular complexity index is 1260. The topological polar surface area (TPSA) is 56.3 Å². The number of ether oxygens (including phenoxy) is 2. The van der Waals surface area contributed by atoms with Crippen molar-refractivity contribution in [2.75, 3.05) is 19.5 Å². The third kappa shape index (κ3) is 4.49. The van der Waals surface area contributed by atoms with E-state index < -0.39 is 0 Å². The Morgan fingerprint density at radius 3 is 2.58 bits per heavy atom. The van der Waals surface area contributed by atoms with E-state index in [0.29, 0.717) is 38.8 Å². The van der Waals surface area contributed by atoms with Crippen molar-refractivity contribution in [3.63, 3.8) is 0 Å². The second kappa shape index (κ2) is 9.18. The molecule has 0 bridgehead atoms. The number of aromatic nitrogens is 2. The van der Waals surface area contributed by atoms with Gasteiger partial charge in [-0.25, -0.2) is 4.98 Å². The lowest BCUT2D eigenvalue weighted by molar-refractivity contribution is 0.391. The van der Waals surface area contributed by atoms with Crippen LogP contribution in [0.4, 0.5) is 5.82 Å². The molecule has 0 aliphatic carbocycles. The molecule has 0 saturated heterocycles. The van der Waals surface area contributed by atoms with Gasteiger partial charge in [0.05, 0.1) is 29.8 Å². The fourth-order valence-corrected chi connectivity index (χ4v) is 3.88. The van der Waals surface area contributed by atoms with Crippen LogP contribution >= 0.6 is 34.8 Å². The van der Waals surface area contributed by atoms with Crippen molar-refractivity contribution >= 4 is 51.5 Å². The fraction of sp³-hybridized carbons (Fsp3) is 0.130. The van der Waals surface area contributed by atoms with Gasteiger partial charge in [0.1, 0.15) is 22.5 Å². The zero-order chi connectivity index (χ0) is 22.0. The Morgan fingerprint density at radius 1 is 0.968 bits per heavy atom. The third-order valence-electron chi connectivity index (χ3n) is 4.85. The molecular weight excluding hydrogens is 457 g/mol. The average molecular weight is 475 g/mol. The van der Waals surface area contributed by atoms with Gasteiger partial charge in [-0.2, -0.15) is 0 Å². The van der Waals surface area contributed by atoms with E-state index in [1.165, 1.54) is 0 Å². The van der Waals surface area contributed by atoms with Crippen molar-refractivity contribution in [3.8, 4) is 22.6 Å². The standard InChI is InChI=1S/C23H18Cl3N3O2/c1-30-15-7-6-13(20(9-15)31-2)11-28-23-17-8-14(12-27-19(17)10-21(25)29-23)16-4-3-5-18(24)22(16)26/h3-10,12H,11H2,1-2H3,(H,28,29). The van der Waals surface area contributed by atoms with Crippen LogP contribution < -0.4 is 14.8 Å². The maximum Gasteiger partial charge on any atom is 0.137 e. The van der Waals surface area contributed by atoms with E-state index in [2.05, 4.69) is 15.3 Å². The molecule has 0 fully saturated rings. The molecule has 4 aromatic rings. The van der Waals surface area contributed by atoms with Crippen molar-refractivity contribution in [2.45, 2.75) is 6.54 Å². The number of pyridine rings is 2. The summed E-state index contributed by atoms with van der Waals surface area (Å²) >= 11 is 18.8. The molecule has 0 amide bonds. The molecule has 0 unspecified atom stereocenters.